The van der Waals surface area contributed by atoms with Gasteiger partial charge in [0.15, 0.2) is 0 Å². The minimum Gasteiger partial charge on any atom is -0.483 e. The number of aryl methyl sites for hydroxylation is 1. The first kappa shape index (κ1) is 24.5. The van der Waals surface area contributed by atoms with Gasteiger partial charge in [-0.05, 0) is 63.5 Å². The molecule has 3 saturated heterocycles. The van der Waals surface area contributed by atoms with E-state index in [-0.39, 0.29) is 6.47 Å². The van der Waals surface area contributed by atoms with E-state index < -0.39 is 0 Å². The van der Waals surface area contributed by atoms with Gasteiger partial charge in [0.05, 0.1) is 11.4 Å². The molecule has 4 heterocycles. The predicted octanol–water partition coefficient (Wildman–Crippen LogP) is 4.19. The molecule has 7 nitrogen and oxygen atoms in total. The van der Waals surface area contributed by atoms with Crippen molar-refractivity contribution < 1.29 is 14.7 Å². The van der Waals surface area contributed by atoms with Gasteiger partial charge in [-0.3, -0.25) is 14.5 Å². The summed E-state index contributed by atoms with van der Waals surface area (Å²) in [6.07, 6.45) is 6.64. The number of hydrogen-bond donors (Lipinski definition) is 1. The van der Waals surface area contributed by atoms with Gasteiger partial charge in [-0.25, -0.2) is 4.68 Å². The van der Waals surface area contributed by atoms with Crippen LogP contribution in [0.15, 0.2) is 30.3 Å². The molecular weight excluding hydrogens is 428 g/mol. The van der Waals surface area contributed by atoms with E-state index in [0.29, 0.717) is 29.8 Å². The molecule has 4 atom stereocenters. The third-order valence-corrected chi connectivity index (χ3v) is 7.98. The Morgan fingerprint density at radius 3 is 2.56 bits per heavy atom. The van der Waals surface area contributed by atoms with E-state index in [0.717, 1.165) is 56.7 Å². The SMILES string of the molecule is CCC[C@H]1[C@H]2C[C@H](CN(Cc3c(C)nn(-c4ccccc4)c3C)C2)[C@@H]2CCCC(=O)N21.O=CO. The van der Waals surface area contributed by atoms with E-state index in [4.69, 9.17) is 15.0 Å². The highest BCUT2D eigenvalue weighted by Gasteiger charge is 2.48. The van der Waals surface area contributed by atoms with Gasteiger partial charge in [-0.15, -0.1) is 0 Å². The summed E-state index contributed by atoms with van der Waals surface area (Å²) < 4.78 is 2.09. The molecule has 0 saturated carbocycles. The standard InChI is InChI=1S/C26H36N4O.CH2O2/c1-4-9-24-20-14-21(25-12-8-13-26(31)29(24)25)16-28(15-20)17-23-18(2)27-30(19(23)3)22-10-6-5-7-11-22;2-1-3/h5-7,10-11,20-21,24-25H,4,8-9,12-17H2,1-3H3;1H,(H,2,3)/t20-,21+,24-,25-;/m0./s1. The molecule has 1 N–H and O–H groups in total. The lowest BCUT2D eigenvalue weighted by atomic mass is 9.71. The number of nitrogens with zero attached hydrogens (tertiary/aromatic N) is 4. The number of carbonyl (C=O) groups excluding carboxylic acids is 1. The van der Waals surface area contributed by atoms with E-state index in [1.807, 2.05) is 0 Å². The van der Waals surface area contributed by atoms with E-state index in [1.165, 1.54) is 24.1 Å². The molecule has 34 heavy (non-hydrogen) atoms. The van der Waals surface area contributed by atoms with Crippen LogP contribution in [0.2, 0.25) is 0 Å². The predicted molar refractivity (Wildman–Crippen MR) is 132 cm³/mol. The topological polar surface area (TPSA) is 78.7 Å². The lowest BCUT2D eigenvalue weighted by Gasteiger charge is -2.57. The fourth-order valence-electron chi connectivity index (χ4n) is 6.62. The van der Waals surface area contributed by atoms with Crippen molar-refractivity contribution in [1.29, 1.82) is 0 Å². The van der Waals surface area contributed by atoms with Crippen LogP contribution < -0.4 is 0 Å². The minimum absolute atomic E-state index is 0.250. The molecule has 0 unspecified atom stereocenters. The molecule has 5 rings (SSSR count). The number of likely N-dealkylation sites (tertiary alicyclic amines) is 1. The smallest absolute Gasteiger partial charge is 0.290 e. The molecule has 3 aliphatic heterocycles. The van der Waals surface area contributed by atoms with Crippen molar-refractivity contribution in [2.45, 2.75) is 77.9 Å². The van der Waals surface area contributed by atoms with Crippen LogP contribution in [0.5, 0.6) is 0 Å². The monoisotopic (exact) mass is 466 g/mol. The number of hydrogen-bond acceptors (Lipinski definition) is 4. The van der Waals surface area contributed by atoms with Crippen LogP contribution >= 0.6 is 0 Å². The van der Waals surface area contributed by atoms with Crippen LogP contribution in [0.1, 0.15) is 62.4 Å². The highest BCUT2D eigenvalue weighted by molar-refractivity contribution is 5.78. The molecule has 1 amide bonds. The van der Waals surface area contributed by atoms with Crippen molar-refractivity contribution in [2.24, 2.45) is 11.8 Å². The van der Waals surface area contributed by atoms with Gasteiger partial charge in [0.2, 0.25) is 5.91 Å². The number of carboxylic acid groups (broad SMARTS) is 1. The van der Waals surface area contributed by atoms with Crippen molar-refractivity contribution in [1.82, 2.24) is 19.6 Å². The van der Waals surface area contributed by atoms with E-state index in [1.54, 1.807) is 0 Å². The van der Waals surface area contributed by atoms with E-state index in [9.17, 15) is 4.79 Å². The number of carbonyl (C=O) groups is 2. The van der Waals surface area contributed by atoms with Crippen molar-refractivity contribution in [2.75, 3.05) is 13.1 Å². The summed E-state index contributed by atoms with van der Waals surface area (Å²) in [5.74, 6) is 1.66. The van der Waals surface area contributed by atoms with Crippen molar-refractivity contribution in [3.63, 3.8) is 0 Å². The summed E-state index contributed by atoms with van der Waals surface area (Å²) in [7, 11) is 0. The van der Waals surface area contributed by atoms with Gasteiger partial charge in [0.1, 0.15) is 0 Å². The summed E-state index contributed by atoms with van der Waals surface area (Å²) >= 11 is 0. The van der Waals surface area contributed by atoms with Crippen LogP contribution in [0.3, 0.4) is 0 Å². The summed E-state index contributed by atoms with van der Waals surface area (Å²) in [5, 5.41) is 11.8. The Kier molecular flexibility index (Phi) is 7.71. The first-order chi connectivity index (χ1) is 16.5. The van der Waals surface area contributed by atoms with Crippen molar-refractivity contribution in [3.05, 3.63) is 47.3 Å². The van der Waals surface area contributed by atoms with Gasteiger partial charge < -0.3 is 10.0 Å². The maximum Gasteiger partial charge on any atom is 0.290 e. The molecule has 2 aromatic rings. The zero-order chi connectivity index (χ0) is 24.2. The van der Waals surface area contributed by atoms with Gasteiger partial charge in [0, 0.05) is 49.4 Å². The fraction of sp³-hybridized carbons (Fsp3) is 0.593. The van der Waals surface area contributed by atoms with Crippen LogP contribution in [-0.2, 0) is 16.1 Å². The molecule has 0 radical (unpaired) electrons. The second-order valence-corrected chi connectivity index (χ2v) is 10.1. The summed E-state index contributed by atoms with van der Waals surface area (Å²) in [6, 6.07) is 11.3. The maximum atomic E-state index is 12.8. The lowest BCUT2D eigenvalue weighted by molar-refractivity contribution is -0.153. The Bertz CT molecular complexity index is 989. The molecule has 7 heteroatoms. The maximum absolute atomic E-state index is 12.8. The number of fused-ring (bicyclic) bond motifs is 4. The first-order valence-corrected chi connectivity index (χ1v) is 12.7. The summed E-state index contributed by atoms with van der Waals surface area (Å²) in [4.78, 5) is 26.2. The first-order valence-electron chi connectivity index (χ1n) is 12.7. The zero-order valence-electron chi connectivity index (χ0n) is 20.7. The van der Waals surface area contributed by atoms with Gasteiger partial charge in [-0.2, -0.15) is 5.10 Å². The summed E-state index contributed by atoms with van der Waals surface area (Å²) in [5.41, 5.74) is 4.88. The highest BCUT2D eigenvalue weighted by Crippen LogP contribution is 2.43. The minimum atomic E-state index is -0.250. The Morgan fingerprint density at radius 1 is 1.15 bits per heavy atom. The number of rotatable bonds is 5. The van der Waals surface area contributed by atoms with Crippen molar-refractivity contribution >= 4 is 12.4 Å². The fourth-order valence-corrected chi connectivity index (χ4v) is 6.62. The average Bonchev–Trinajstić information content (AvgIpc) is 3.11. The second-order valence-electron chi connectivity index (χ2n) is 10.1. The number of amides is 1. The molecule has 0 spiro atoms. The largest absolute Gasteiger partial charge is 0.483 e. The second kappa shape index (κ2) is 10.7. The summed E-state index contributed by atoms with van der Waals surface area (Å²) in [6.45, 7) is 9.55. The molecule has 3 aliphatic rings. The van der Waals surface area contributed by atoms with Gasteiger partial charge in [-0.1, -0.05) is 31.5 Å². The van der Waals surface area contributed by atoms with E-state index >= 15 is 0 Å². The molecular formula is C27H38N4O3. The number of benzene rings is 1. The number of piperidine rings is 3. The average molecular weight is 467 g/mol. The molecule has 3 fully saturated rings. The van der Waals surface area contributed by atoms with Crippen LogP contribution in [0, 0.1) is 25.7 Å². The van der Waals surface area contributed by atoms with Crippen LogP contribution in [0.25, 0.3) is 5.69 Å². The Morgan fingerprint density at radius 2 is 1.85 bits per heavy atom. The third-order valence-electron chi connectivity index (χ3n) is 7.98. The van der Waals surface area contributed by atoms with E-state index in [2.05, 4.69) is 65.6 Å². The van der Waals surface area contributed by atoms with Crippen molar-refractivity contribution in [3.8, 4) is 5.69 Å². The van der Waals surface area contributed by atoms with Gasteiger partial charge >= 0.3 is 0 Å². The number of para-hydroxylation sites is 1. The zero-order valence-corrected chi connectivity index (χ0v) is 20.7. The number of aromatic nitrogens is 2. The van der Waals surface area contributed by atoms with Gasteiger partial charge in [0.25, 0.3) is 6.47 Å². The molecule has 1 aromatic carbocycles. The Balaban J connectivity index is 0.000000868. The molecule has 0 aliphatic carbocycles. The van der Waals surface area contributed by atoms with Crippen LogP contribution in [-0.4, -0.2) is 62.2 Å². The quantitative estimate of drug-likeness (QED) is 0.669. The Hall–Kier alpha value is -2.67. The van der Waals surface area contributed by atoms with Crippen LogP contribution in [0.4, 0.5) is 0 Å². The highest BCUT2D eigenvalue weighted by atomic mass is 16.3. The lowest BCUT2D eigenvalue weighted by Crippen LogP contribution is -2.64. The Labute approximate surface area is 202 Å². The molecule has 2 bridgehead atoms. The third kappa shape index (κ3) is 4.76. The molecule has 184 valence electrons. The molecule has 1 aromatic heterocycles. The normalized spacial score (nSPS) is 26.4.